The van der Waals surface area contributed by atoms with Crippen molar-refractivity contribution in [2.24, 2.45) is 0 Å². The van der Waals surface area contributed by atoms with Gasteiger partial charge in [-0.3, -0.25) is 0 Å². The van der Waals surface area contributed by atoms with E-state index < -0.39 is 0 Å². The lowest BCUT2D eigenvalue weighted by Gasteiger charge is -2.13. The molecule has 4 heterocycles. The van der Waals surface area contributed by atoms with E-state index in [0.717, 1.165) is 93.6 Å². The van der Waals surface area contributed by atoms with Crippen molar-refractivity contribution < 1.29 is 4.42 Å². The van der Waals surface area contributed by atoms with Gasteiger partial charge < -0.3 is 13.6 Å². The molecule has 0 saturated carbocycles. The van der Waals surface area contributed by atoms with Crippen LogP contribution >= 0.6 is 0 Å². The molecule has 0 aliphatic heterocycles. The quantitative estimate of drug-likeness (QED) is 0.173. The number of aromatic nitrogens is 5. The summed E-state index contributed by atoms with van der Waals surface area (Å²) in [5.74, 6) is 1.77. The first kappa shape index (κ1) is 35.7. The molecule has 0 spiro atoms. The van der Waals surface area contributed by atoms with E-state index in [-0.39, 0.29) is 0 Å². The number of benzene rings is 10. The highest BCUT2D eigenvalue weighted by atomic mass is 16.3. The van der Waals surface area contributed by atoms with Gasteiger partial charge in [0.1, 0.15) is 5.58 Å². The first-order valence-electron chi connectivity index (χ1n) is 21.9. The Morgan fingerprint density at radius 2 is 0.831 bits per heavy atom. The summed E-state index contributed by atoms with van der Waals surface area (Å²) < 4.78 is 11.5. The predicted molar refractivity (Wildman–Crippen MR) is 267 cm³/mol. The lowest BCUT2D eigenvalue weighted by Crippen LogP contribution is -2.02. The van der Waals surface area contributed by atoms with E-state index in [9.17, 15) is 0 Å². The second-order valence-corrected chi connectivity index (χ2v) is 16.8. The fourth-order valence-corrected chi connectivity index (χ4v) is 10.1. The summed E-state index contributed by atoms with van der Waals surface area (Å²) >= 11 is 0. The van der Waals surface area contributed by atoms with Crippen molar-refractivity contribution in [3.8, 4) is 45.5 Å². The van der Waals surface area contributed by atoms with Gasteiger partial charge in [0, 0.05) is 54.7 Å². The zero-order chi connectivity index (χ0) is 42.6. The van der Waals surface area contributed by atoms with Gasteiger partial charge in [-0.05, 0) is 100 Å². The van der Waals surface area contributed by atoms with Crippen LogP contribution in [0.4, 0.5) is 0 Å². The summed E-state index contributed by atoms with van der Waals surface area (Å²) in [7, 11) is 0. The molecule has 0 radical (unpaired) electrons. The second-order valence-electron chi connectivity index (χ2n) is 16.8. The minimum absolute atomic E-state index is 0.574. The van der Waals surface area contributed by atoms with Crippen LogP contribution in [0.1, 0.15) is 0 Å². The van der Waals surface area contributed by atoms with Crippen molar-refractivity contribution >= 4 is 87.1 Å². The molecular formula is C59H35N5O. The van der Waals surface area contributed by atoms with Gasteiger partial charge in [0.05, 0.1) is 27.8 Å². The van der Waals surface area contributed by atoms with E-state index in [0.29, 0.717) is 17.5 Å². The Morgan fingerprint density at radius 3 is 1.58 bits per heavy atom. The van der Waals surface area contributed by atoms with Gasteiger partial charge in [0.2, 0.25) is 0 Å². The number of rotatable bonds is 5. The zero-order valence-corrected chi connectivity index (χ0v) is 34.9. The van der Waals surface area contributed by atoms with Gasteiger partial charge in [-0.25, -0.2) is 15.0 Å². The van der Waals surface area contributed by atoms with Crippen LogP contribution < -0.4 is 0 Å². The largest absolute Gasteiger partial charge is 0.454 e. The van der Waals surface area contributed by atoms with Crippen LogP contribution in [-0.4, -0.2) is 24.1 Å². The van der Waals surface area contributed by atoms with Crippen molar-refractivity contribution in [2.75, 3.05) is 0 Å². The molecule has 65 heavy (non-hydrogen) atoms. The van der Waals surface area contributed by atoms with Gasteiger partial charge >= 0.3 is 0 Å². The highest BCUT2D eigenvalue weighted by Crippen LogP contribution is 2.42. The first-order valence-corrected chi connectivity index (χ1v) is 21.9. The summed E-state index contributed by atoms with van der Waals surface area (Å²) in [5, 5.41) is 11.3. The Balaban J connectivity index is 1.05. The summed E-state index contributed by atoms with van der Waals surface area (Å²) in [5.41, 5.74) is 10.8. The molecule has 14 aromatic rings. The van der Waals surface area contributed by atoms with Crippen LogP contribution in [0.15, 0.2) is 217 Å². The van der Waals surface area contributed by atoms with Gasteiger partial charge in [-0.1, -0.05) is 133 Å². The van der Waals surface area contributed by atoms with Crippen molar-refractivity contribution in [3.05, 3.63) is 212 Å². The Labute approximate surface area is 371 Å². The van der Waals surface area contributed by atoms with Crippen molar-refractivity contribution in [1.82, 2.24) is 24.1 Å². The monoisotopic (exact) mass is 829 g/mol. The SMILES string of the molecule is c1ccc(-n2c3ccccc3c3cc(-c4nc(-c5ccc6ccccc6c5)nc(-c5cc(-n6c7ccccc7c7cc8ccccc8cc76)c6oc7ccccc7c6c5)n4)ccc32)cc1. The van der Waals surface area contributed by atoms with E-state index >= 15 is 0 Å². The highest BCUT2D eigenvalue weighted by Gasteiger charge is 2.23. The molecule has 0 fully saturated rings. The van der Waals surface area contributed by atoms with Gasteiger partial charge in [-0.15, -0.1) is 0 Å². The number of furan rings is 1. The molecule has 10 aromatic carbocycles. The normalized spacial score (nSPS) is 12.0. The third-order valence-electron chi connectivity index (χ3n) is 13.1. The fraction of sp³-hybridized carbons (Fsp3) is 0. The summed E-state index contributed by atoms with van der Waals surface area (Å²) in [6.07, 6.45) is 0. The van der Waals surface area contributed by atoms with E-state index in [1.807, 2.05) is 12.1 Å². The molecule has 0 unspecified atom stereocenters. The maximum Gasteiger partial charge on any atom is 0.164 e. The van der Waals surface area contributed by atoms with Crippen LogP contribution in [0.3, 0.4) is 0 Å². The maximum atomic E-state index is 6.84. The van der Waals surface area contributed by atoms with Gasteiger partial charge in [0.25, 0.3) is 0 Å². The van der Waals surface area contributed by atoms with Gasteiger partial charge in [0.15, 0.2) is 23.1 Å². The first-order chi connectivity index (χ1) is 32.2. The lowest BCUT2D eigenvalue weighted by molar-refractivity contribution is 0.666. The Bertz CT molecular complexity index is 4250. The third kappa shape index (κ3) is 5.51. The fourth-order valence-electron chi connectivity index (χ4n) is 10.1. The van der Waals surface area contributed by atoms with E-state index in [4.69, 9.17) is 19.4 Å². The number of fused-ring (bicyclic) bond motifs is 11. The molecule has 0 aliphatic rings. The smallest absolute Gasteiger partial charge is 0.164 e. The van der Waals surface area contributed by atoms with Crippen molar-refractivity contribution in [3.63, 3.8) is 0 Å². The Morgan fingerprint density at radius 1 is 0.308 bits per heavy atom. The molecule has 0 amide bonds. The number of hydrogen-bond acceptors (Lipinski definition) is 4. The number of nitrogens with zero attached hydrogens (tertiary/aromatic N) is 5. The summed E-state index contributed by atoms with van der Waals surface area (Å²) in [6, 6.07) is 75.0. The molecular weight excluding hydrogens is 795 g/mol. The molecule has 14 rings (SSSR count). The van der Waals surface area contributed by atoms with Crippen LogP contribution in [0.5, 0.6) is 0 Å². The molecule has 6 nitrogen and oxygen atoms in total. The lowest BCUT2D eigenvalue weighted by atomic mass is 10.0. The van der Waals surface area contributed by atoms with E-state index in [1.165, 1.54) is 21.5 Å². The number of hydrogen-bond donors (Lipinski definition) is 0. The Kier molecular flexibility index (Phi) is 7.59. The van der Waals surface area contributed by atoms with Crippen LogP contribution in [-0.2, 0) is 0 Å². The predicted octanol–water partition coefficient (Wildman–Crippen LogP) is 15.3. The summed E-state index contributed by atoms with van der Waals surface area (Å²) in [6.45, 7) is 0. The van der Waals surface area contributed by atoms with Crippen molar-refractivity contribution in [2.45, 2.75) is 0 Å². The average Bonchev–Trinajstić information content (AvgIpc) is 4.02. The van der Waals surface area contributed by atoms with E-state index in [1.54, 1.807) is 0 Å². The molecule has 0 aliphatic carbocycles. The summed E-state index contributed by atoms with van der Waals surface area (Å²) in [4.78, 5) is 16.0. The van der Waals surface area contributed by atoms with Crippen LogP contribution in [0.25, 0.3) is 133 Å². The molecule has 302 valence electrons. The van der Waals surface area contributed by atoms with Crippen LogP contribution in [0, 0.1) is 0 Å². The zero-order valence-electron chi connectivity index (χ0n) is 34.9. The standard InChI is InChI=1S/C59H35N5O/c1-2-18-43(19-3-1)63-50-23-11-8-20-44(50)47-32-41(28-29-52(47)63)58-60-57(40-27-26-36-14-4-5-15-37(36)30-40)61-59(62-58)42-33-49-46-22-10-13-25-55(46)65-56(49)54(35-42)64-51-24-12-9-21-45(51)48-31-38-16-6-7-17-39(38)34-53(48)64/h1-35H. The maximum absolute atomic E-state index is 6.84. The molecule has 0 atom stereocenters. The minimum atomic E-state index is 0.574. The second kappa shape index (κ2) is 13.8. The average molecular weight is 830 g/mol. The molecule has 0 N–H and O–H groups in total. The topological polar surface area (TPSA) is 61.7 Å². The molecule has 4 aromatic heterocycles. The highest BCUT2D eigenvalue weighted by molar-refractivity contribution is 6.16. The van der Waals surface area contributed by atoms with E-state index in [2.05, 4.69) is 209 Å². The molecule has 0 saturated heterocycles. The molecule has 6 heteroatoms. The van der Waals surface area contributed by atoms with Crippen molar-refractivity contribution in [1.29, 1.82) is 0 Å². The molecule has 0 bridgehead atoms. The third-order valence-corrected chi connectivity index (χ3v) is 13.1. The number of para-hydroxylation sites is 4. The Hall–Kier alpha value is -8.87. The van der Waals surface area contributed by atoms with Crippen LogP contribution in [0.2, 0.25) is 0 Å². The van der Waals surface area contributed by atoms with Gasteiger partial charge in [-0.2, -0.15) is 0 Å². The minimum Gasteiger partial charge on any atom is -0.454 e.